The minimum atomic E-state index is 0.805. The van der Waals surface area contributed by atoms with Crippen LogP contribution >= 0.6 is 0 Å². The Morgan fingerprint density at radius 2 is 1.69 bits per heavy atom. The van der Waals surface area contributed by atoms with E-state index in [1.165, 1.54) is 71.0 Å². The maximum Gasteiger partial charge on any atom is 0.0195 e. The zero-order chi connectivity index (χ0) is 10.8. The highest BCUT2D eigenvalue weighted by atomic mass is 15.2. The zero-order valence-corrected chi connectivity index (χ0v) is 10.5. The summed E-state index contributed by atoms with van der Waals surface area (Å²) in [6, 6.07) is 1.74. The maximum atomic E-state index is 3.66. The minimum absolute atomic E-state index is 0.805. The van der Waals surface area contributed by atoms with Crippen LogP contribution in [0.4, 0.5) is 0 Å². The molecule has 0 radical (unpaired) electrons. The molecular weight excluding hydrogens is 196 g/mol. The van der Waals surface area contributed by atoms with Crippen LogP contribution in [-0.4, -0.2) is 36.6 Å². The van der Waals surface area contributed by atoms with Crippen LogP contribution < -0.4 is 5.32 Å². The average molecular weight is 222 g/mol. The summed E-state index contributed by atoms with van der Waals surface area (Å²) in [6.45, 7) is 4.00. The van der Waals surface area contributed by atoms with Crippen molar-refractivity contribution in [2.45, 2.75) is 63.5 Å². The first kappa shape index (κ1) is 11.0. The summed E-state index contributed by atoms with van der Waals surface area (Å²) >= 11 is 0. The van der Waals surface area contributed by atoms with Crippen LogP contribution in [0.1, 0.15) is 51.4 Å². The van der Waals surface area contributed by atoms with Gasteiger partial charge in [-0.1, -0.05) is 12.8 Å². The Morgan fingerprint density at radius 3 is 2.31 bits per heavy atom. The van der Waals surface area contributed by atoms with Gasteiger partial charge in [-0.05, 0) is 51.0 Å². The van der Waals surface area contributed by atoms with E-state index < -0.39 is 0 Å². The van der Waals surface area contributed by atoms with Gasteiger partial charge in [0.05, 0.1) is 0 Å². The molecule has 0 aromatic heterocycles. The second-order valence-corrected chi connectivity index (χ2v) is 6.13. The molecule has 1 aliphatic heterocycles. The lowest BCUT2D eigenvalue weighted by Gasteiger charge is -2.31. The van der Waals surface area contributed by atoms with Crippen molar-refractivity contribution in [3.8, 4) is 0 Å². The maximum absolute atomic E-state index is 3.66. The Hall–Kier alpha value is -0.0800. The predicted molar refractivity (Wildman–Crippen MR) is 67.6 cm³/mol. The quantitative estimate of drug-likeness (QED) is 0.768. The molecule has 1 atom stereocenters. The molecule has 0 aromatic carbocycles. The minimum Gasteiger partial charge on any atom is -0.313 e. The predicted octanol–water partition coefficient (Wildman–Crippen LogP) is 2.39. The summed E-state index contributed by atoms with van der Waals surface area (Å²) < 4.78 is 0. The highest BCUT2D eigenvalue weighted by Gasteiger charge is 2.31. The zero-order valence-electron chi connectivity index (χ0n) is 10.5. The summed E-state index contributed by atoms with van der Waals surface area (Å²) in [6.07, 6.45) is 11.7. The van der Waals surface area contributed by atoms with Crippen LogP contribution in [0.15, 0.2) is 0 Å². The molecule has 0 bridgehead atoms. The molecule has 3 fully saturated rings. The number of rotatable bonds is 5. The SMILES string of the molecule is C1CNC(CN(CC2CC2)C2CCCC2)C1. The van der Waals surface area contributed by atoms with E-state index in [1.54, 1.807) is 0 Å². The third kappa shape index (κ3) is 2.78. The third-order valence-corrected chi connectivity index (χ3v) is 4.65. The average Bonchev–Trinajstić information content (AvgIpc) is 2.82. The summed E-state index contributed by atoms with van der Waals surface area (Å²) in [7, 11) is 0. The van der Waals surface area contributed by atoms with Crippen molar-refractivity contribution < 1.29 is 0 Å². The Kier molecular flexibility index (Phi) is 3.49. The fraction of sp³-hybridized carbons (Fsp3) is 1.00. The molecule has 2 heteroatoms. The van der Waals surface area contributed by atoms with Crippen molar-refractivity contribution in [2.24, 2.45) is 5.92 Å². The third-order valence-electron chi connectivity index (χ3n) is 4.65. The van der Waals surface area contributed by atoms with Gasteiger partial charge in [-0.25, -0.2) is 0 Å². The molecule has 1 heterocycles. The Bertz CT molecular complexity index is 213. The smallest absolute Gasteiger partial charge is 0.0195 e. The first-order valence-corrected chi connectivity index (χ1v) is 7.39. The lowest BCUT2D eigenvalue weighted by atomic mass is 10.1. The number of hydrogen-bond donors (Lipinski definition) is 1. The van der Waals surface area contributed by atoms with Crippen molar-refractivity contribution in [3.63, 3.8) is 0 Å². The van der Waals surface area contributed by atoms with Gasteiger partial charge in [-0.15, -0.1) is 0 Å². The highest BCUT2D eigenvalue weighted by molar-refractivity contribution is 4.87. The van der Waals surface area contributed by atoms with Crippen LogP contribution in [-0.2, 0) is 0 Å². The van der Waals surface area contributed by atoms with Crippen LogP contribution in [0.5, 0.6) is 0 Å². The van der Waals surface area contributed by atoms with Crippen molar-refractivity contribution in [3.05, 3.63) is 0 Å². The molecule has 1 unspecified atom stereocenters. The molecule has 0 amide bonds. The lowest BCUT2D eigenvalue weighted by Crippen LogP contribution is -2.43. The normalized spacial score (nSPS) is 31.7. The van der Waals surface area contributed by atoms with E-state index in [-0.39, 0.29) is 0 Å². The van der Waals surface area contributed by atoms with E-state index >= 15 is 0 Å². The van der Waals surface area contributed by atoms with Crippen molar-refractivity contribution in [1.29, 1.82) is 0 Å². The van der Waals surface area contributed by atoms with Gasteiger partial charge in [0.25, 0.3) is 0 Å². The summed E-state index contributed by atoms with van der Waals surface area (Å²) in [5.41, 5.74) is 0. The van der Waals surface area contributed by atoms with Gasteiger partial charge in [0.2, 0.25) is 0 Å². The van der Waals surface area contributed by atoms with Crippen molar-refractivity contribution in [2.75, 3.05) is 19.6 Å². The Balaban J connectivity index is 1.53. The van der Waals surface area contributed by atoms with E-state index in [1.807, 2.05) is 0 Å². The number of nitrogens with zero attached hydrogens (tertiary/aromatic N) is 1. The van der Waals surface area contributed by atoms with Crippen LogP contribution in [0, 0.1) is 5.92 Å². The molecular formula is C14H26N2. The standard InChI is InChI=1S/C14H26N2/c1-2-6-14(5-1)16(10-12-7-8-12)11-13-4-3-9-15-13/h12-15H,1-11H2. The molecule has 0 aromatic rings. The van der Waals surface area contributed by atoms with Gasteiger partial charge in [-0.2, -0.15) is 0 Å². The molecule has 3 aliphatic rings. The van der Waals surface area contributed by atoms with Gasteiger partial charge in [0, 0.05) is 25.2 Å². The molecule has 0 spiro atoms. The van der Waals surface area contributed by atoms with Gasteiger partial charge < -0.3 is 5.32 Å². The van der Waals surface area contributed by atoms with E-state index in [9.17, 15) is 0 Å². The molecule has 2 saturated carbocycles. The Labute approximate surface area is 99.8 Å². The molecule has 2 nitrogen and oxygen atoms in total. The first-order chi connectivity index (χ1) is 7.92. The monoisotopic (exact) mass is 222 g/mol. The molecule has 2 aliphatic carbocycles. The van der Waals surface area contributed by atoms with E-state index in [4.69, 9.17) is 0 Å². The van der Waals surface area contributed by atoms with Gasteiger partial charge in [0.1, 0.15) is 0 Å². The largest absolute Gasteiger partial charge is 0.313 e. The Morgan fingerprint density at radius 1 is 0.875 bits per heavy atom. The summed E-state index contributed by atoms with van der Waals surface area (Å²) in [5, 5.41) is 3.66. The van der Waals surface area contributed by atoms with E-state index in [0.717, 1.165) is 18.0 Å². The van der Waals surface area contributed by atoms with Crippen molar-refractivity contribution in [1.82, 2.24) is 10.2 Å². The topological polar surface area (TPSA) is 15.3 Å². The van der Waals surface area contributed by atoms with Gasteiger partial charge in [-0.3, -0.25) is 4.90 Å². The number of nitrogens with one attached hydrogen (secondary N) is 1. The summed E-state index contributed by atoms with van der Waals surface area (Å²) in [4.78, 5) is 2.84. The van der Waals surface area contributed by atoms with E-state index in [2.05, 4.69) is 10.2 Å². The van der Waals surface area contributed by atoms with Crippen LogP contribution in [0.2, 0.25) is 0 Å². The summed E-state index contributed by atoms with van der Waals surface area (Å²) in [5.74, 6) is 1.06. The molecule has 1 saturated heterocycles. The molecule has 3 rings (SSSR count). The first-order valence-electron chi connectivity index (χ1n) is 7.39. The van der Waals surface area contributed by atoms with Crippen LogP contribution in [0.25, 0.3) is 0 Å². The van der Waals surface area contributed by atoms with Gasteiger partial charge >= 0.3 is 0 Å². The fourth-order valence-corrected chi connectivity index (χ4v) is 3.47. The second kappa shape index (κ2) is 5.05. The van der Waals surface area contributed by atoms with Gasteiger partial charge in [0.15, 0.2) is 0 Å². The fourth-order valence-electron chi connectivity index (χ4n) is 3.47. The molecule has 92 valence electrons. The lowest BCUT2D eigenvalue weighted by molar-refractivity contribution is 0.174. The number of hydrogen-bond acceptors (Lipinski definition) is 2. The molecule has 1 N–H and O–H groups in total. The van der Waals surface area contributed by atoms with Crippen LogP contribution in [0.3, 0.4) is 0 Å². The van der Waals surface area contributed by atoms with Crippen molar-refractivity contribution >= 4 is 0 Å². The highest BCUT2D eigenvalue weighted by Crippen LogP contribution is 2.33. The molecule has 16 heavy (non-hydrogen) atoms. The second-order valence-electron chi connectivity index (χ2n) is 6.13. The van der Waals surface area contributed by atoms with E-state index in [0.29, 0.717) is 0 Å².